The Labute approximate surface area is 182 Å². The van der Waals surface area contributed by atoms with Crippen molar-refractivity contribution in [2.45, 2.75) is 33.6 Å². The number of rotatable bonds is 4. The number of carbonyl (C=O) groups is 1. The first-order chi connectivity index (χ1) is 14.3. The van der Waals surface area contributed by atoms with Crippen molar-refractivity contribution in [1.29, 1.82) is 0 Å². The number of methoxy groups -OCH3 is 1. The molecule has 0 spiro atoms. The Morgan fingerprint density at radius 3 is 2.50 bits per heavy atom. The summed E-state index contributed by atoms with van der Waals surface area (Å²) in [6.07, 6.45) is 4.29. The van der Waals surface area contributed by atoms with Crippen LogP contribution in [0.2, 0.25) is 5.02 Å². The molecule has 0 amide bonds. The zero-order valence-corrected chi connectivity index (χ0v) is 18.5. The predicted octanol–water partition coefficient (Wildman–Crippen LogP) is 6.40. The molecular weight excluding hydrogens is 398 g/mol. The quantitative estimate of drug-likeness (QED) is 0.422. The lowest BCUT2D eigenvalue weighted by Crippen LogP contribution is -2.33. The van der Waals surface area contributed by atoms with E-state index in [1.807, 2.05) is 24.3 Å². The summed E-state index contributed by atoms with van der Waals surface area (Å²) in [5.41, 5.74) is 3.27. The summed E-state index contributed by atoms with van der Waals surface area (Å²) in [6.45, 7) is 6.79. The summed E-state index contributed by atoms with van der Waals surface area (Å²) < 4.78 is 5.26. The van der Waals surface area contributed by atoms with E-state index < -0.39 is 5.97 Å². The molecule has 4 nitrogen and oxygen atoms in total. The topological polar surface area (TPSA) is 47.9 Å². The molecule has 0 saturated heterocycles. The first-order valence-corrected chi connectivity index (χ1v) is 10.6. The van der Waals surface area contributed by atoms with E-state index in [9.17, 15) is 4.79 Å². The Morgan fingerprint density at radius 1 is 1.13 bits per heavy atom. The Morgan fingerprint density at radius 2 is 1.83 bits per heavy atom. The molecule has 2 aromatic rings. The van der Waals surface area contributed by atoms with Crippen molar-refractivity contribution < 1.29 is 14.4 Å². The standard InChI is InChI=1S/C25H26ClNO3/c1-24(2)20-13-14-25(24,3)22(19(20)15-16-9-11-17(29-4)12-10-16)27-30-23(28)18-7-5-6-8-21(18)26/h5-12,15,20H,13-14H2,1-4H3/b19-15+,27-22+/t20-,25-/m0/s1. The van der Waals surface area contributed by atoms with Crippen LogP contribution in [0, 0.1) is 16.7 Å². The van der Waals surface area contributed by atoms with Gasteiger partial charge in [0.15, 0.2) is 0 Å². The van der Waals surface area contributed by atoms with Gasteiger partial charge in [-0.2, -0.15) is 0 Å². The Kier molecular flexibility index (Phi) is 5.23. The molecule has 2 aliphatic rings. The van der Waals surface area contributed by atoms with Crippen molar-refractivity contribution in [3.63, 3.8) is 0 Å². The fourth-order valence-electron chi connectivity index (χ4n) is 4.92. The number of carbonyl (C=O) groups excluding carboxylic acids is 1. The van der Waals surface area contributed by atoms with Crippen molar-refractivity contribution >= 4 is 29.4 Å². The normalized spacial score (nSPS) is 26.9. The Bertz CT molecular complexity index is 1040. The molecule has 4 rings (SSSR count). The zero-order chi connectivity index (χ0) is 21.5. The van der Waals surface area contributed by atoms with E-state index in [1.54, 1.807) is 31.4 Å². The molecule has 2 aromatic carbocycles. The van der Waals surface area contributed by atoms with Crippen molar-refractivity contribution in [3.05, 3.63) is 70.3 Å². The minimum atomic E-state index is -0.541. The van der Waals surface area contributed by atoms with E-state index in [4.69, 9.17) is 21.2 Å². The summed E-state index contributed by atoms with van der Waals surface area (Å²) in [6, 6.07) is 14.8. The van der Waals surface area contributed by atoms with E-state index in [1.165, 1.54) is 0 Å². The molecule has 0 N–H and O–H groups in total. The Hall–Kier alpha value is -2.59. The molecule has 2 fully saturated rings. The minimum absolute atomic E-state index is 0.0287. The number of nitrogens with zero attached hydrogens (tertiary/aromatic N) is 1. The van der Waals surface area contributed by atoms with Crippen molar-refractivity contribution in [2.75, 3.05) is 7.11 Å². The highest BCUT2D eigenvalue weighted by atomic mass is 35.5. The van der Waals surface area contributed by atoms with Gasteiger partial charge in [-0.3, -0.25) is 0 Å². The van der Waals surface area contributed by atoms with Crippen molar-refractivity contribution in [1.82, 2.24) is 0 Å². The Balaban J connectivity index is 1.71. The average Bonchev–Trinajstić information content (AvgIpc) is 3.05. The van der Waals surface area contributed by atoms with Gasteiger partial charge in [0.2, 0.25) is 0 Å². The SMILES string of the molecule is COc1ccc(/C=C2/C(=N\OC(=O)c3ccccc3Cl)[C@]3(C)CC[C@@H]2C3(C)C)cc1. The molecule has 2 atom stereocenters. The van der Waals surface area contributed by atoms with Crippen LogP contribution in [0.3, 0.4) is 0 Å². The third kappa shape index (κ3) is 3.24. The van der Waals surface area contributed by atoms with Gasteiger partial charge in [0, 0.05) is 5.41 Å². The van der Waals surface area contributed by atoms with Gasteiger partial charge in [0.25, 0.3) is 0 Å². The van der Waals surface area contributed by atoms with Gasteiger partial charge in [0.1, 0.15) is 5.75 Å². The summed E-state index contributed by atoms with van der Waals surface area (Å²) >= 11 is 6.14. The fraction of sp³-hybridized carbons (Fsp3) is 0.360. The molecule has 0 radical (unpaired) electrons. The van der Waals surface area contributed by atoms with E-state index in [0.29, 0.717) is 16.5 Å². The maximum absolute atomic E-state index is 12.6. The first-order valence-electron chi connectivity index (χ1n) is 10.2. The fourth-order valence-corrected chi connectivity index (χ4v) is 5.13. The lowest BCUT2D eigenvalue weighted by Gasteiger charge is -2.33. The molecule has 2 aliphatic carbocycles. The van der Waals surface area contributed by atoms with Crippen LogP contribution in [0.1, 0.15) is 49.5 Å². The predicted molar refractivity (Wildman–Crippen MR) is 120 cm³/mol. The van der Waals surface area contributed by atoms with Gasteiger partial charge in [-0.05, 0) is 65.7 Å². The van der Waals surface area contributed by atoms with Crippen LogP contribution in [0.15, 0.2) is 59.3 Å². The molecule has 30 heavy (non-hydrogen) atoms. The van der Waals surface area contributed by atoms with Crippen LogP contribution in [-0.4, -0.2) is 18.8 Å². The van der Waals surface area contributed by atoms with Crippen molar-refractivity contribution in [2.24, 2.45) is 21.9 Å². The van der Waals surface area contributed by atoms with Gasteiger partial charge in [-0.25, -0.2) is 4.79 Å². The number of halogens is 1. The maximum atomic E-state index is 12.6. The molecule has 0 aromatic heterocycles. The van der Waals surface area contributed by atoms with Crippen LogP contribution >= 0.6 is 11.6 Å². The summed E-state index contributed by atoms with van der Waals surface area (Å²) in [7, 11) is 1.66. The number of ether oxygens (including phenoxy) is 1. The van der Waals surface area contributed by atoms with E-state index in [0.717, 1.165) is 35.4 Å². The largest absolute Gasteiger partial charge is 0.497 e. The first kappa shape index (κ1) is 20.7. The minimum Gasteiger partial charge on any atom is -0.497 e. The third-order valence-corrected chi connectivity index (χ3v) is 7.48. The number of oxime groups is 1. The van der Waals surface area contributed by atoms with E-state index in [-0.39, 0.29) is 10.8 Å². The van der Waals surface area contributed by atoms with Gasteiger partial charge < -0.3 is 9.57 Å². The van der Waals surface area contributed by atoms with Crippen LogP contribution in [0.5, 0.6) is 5.75 Å². The number of allylic oxidation sites excluding steroid dienone is 1. The maximum Gasteiger partial charge on any atom is 0.367 e. The summed E-state index contributed by atoms with van der Waals surface area (Å²) in [5, 5.41) is 4.78. The molecule has 0 heterocycles. The number of hydrogen-bond donors (Lipinski definition) is 0. The van der Waals surface area contributed by atoms with Crippen LogP contribution < -0.4 is 4.74 Å². The second kappa shape index (κ2) is 7.59. The van der Waals surface area contributed by atoms with Crippen LogP contribution in [-0.2, 0) is 4.84 Å². The highest BCUT2D eigenvalue weighted by Crippen LogP contribution is 2.66. The smallest absolute Gasteiger partial charge is 0.367 e. The second-order valence-corrected chi connectivity index (χ2v) is 9.22. The number of fused-ring (bicyclic) bond motifs is 2. The zero-order valence-electron chi connectivity index (χ0n) is 17.7. The third-order valence-electron chi connectivity index (χ3n) is 7.15. The monoisotopic (exact) mass is 423 g/mol. The van der Waals surface area contributed by atoms with E-state index >= 15 is 0 Å². The molecule has 5 heteroatoms. The lowest BCUT2D eigenvalue weighted by molar-refractivity contribution is 0.0509. The lowest BCUT2D eigenvalue weighted by atomic mass is 9.70. The summed E-state index contributed by atoms with van der Waals surface area (Å²) in [4.78, 5) is 18.0. The van der Waals surface area contributed by atoms with Crippen LogP contribution in [0.25, 0.3) is 6.08 Å². The highest BCUT2D eigenvalue weighted by Gasteiger charge is 2.63. The highest BCUT2D eigenvalue weighted by molar-refractivity contribution is 6.33. The second-order valence-electron chi connectivity index (χ2n) is 8.82. The van der Waals surface area contributed by atoms with E-state index in [2.05, 4.69) is 32.0 Å². The molecule has 2 saturated carbocycles. The number of benzene rings is 2. The molecular formula is C25H26ClNO3. The molecule has 156 valence electrons. The van der Waals surface area contributed by atoms with Crippen molar-refractivity contribution in [3.8, 4) is 5.75 Å². The van der Waals surface area contributed by atoms with Gasteiger partial charge in [-0.15, -0.1) is 0 Å². The average molecular weight is 424 g/mol. The molecule has 2 bridgehead atoms. The molecule has 0 aliphatic heterocycles. The van der Waals surface area contributed by atoms with Gasteiger partial charge in [0.05, 0.1) is 23.4 Å². The number of hydrogen-bond acceptors (Lipinski definition) is 4. The molecule has 0 unspecified atom stereocenters. The summed E-state index contributed by atoms with van der Waals surface area (Å²) in [5.74, 6) is 0.642. The van der Waals surface area contributed by atoms with Gasteiger partial charge >= 0.3 is 5.97 Å². The van der Waals surface area contributed by atoms with Crippen LogP contribution in [0.4, 0.5) is 0 Å². The van der Waals surface area contributed by atoms with Gasteiger partial charge in [-0.1, -0.05) is 61.8 Å².